The first kappa shape index (κ1) is 12.3. The minimum Gasteiger partial charge on any atom is -0.381 e. The smallest absolute Gasteiger partial charge is 0.0457 e. The van der Waals surface area contributed by atoms with Gasteiger partial charge in [0.25, 0.3) is 0 Å². The molecule has 3 heteroatoms. The molecule has 3 aromatic rings. The highest BCUT2D eigenvalue weighted by atomic mass is 79.9. The van der Waals surface area contributed by atoms with Crippen molar-refractivity contribution >= 4 is 32.5 Å². The van der Waals surface area contributed by atoms with Gasteiger partial charge in [0.15, 0.2) is 0 Å². The lowest BCUT2D eigenvalue weighted by atomic mass is 10.1. The molecule has 19 heavy (non-hydrogen) atoms. The summed E-state index contributed by atoms with van der Waals surface area (Å²) >= 11 is 3.51. The molecule has 0 amide bonds. The van der Waals surface area contributed by atoms with Crippen molar-refractivity contribution in [1.29, 1.82) is 0 Å². The fourth-order valence-electron chi connectivity index (χ4n) is 2.28. The van der Waals surface area contributed by atoms with E-state index in [1.165, 1.54) is 27.7 Å². The minimum atomic E-state index is 0.826. The predicted octanol–water partition coefficient (Wildman–Crippen LogP) is 4.85. The monoisotopic (exact) mass is 314 g/mol. The van der Waals surface area contributed by atoms with Crippen LogP contribution >= 0.6 is 15.9 Å². The topological polar surface area (TPSA) is 27.8 Å². The molecule has 3 rings (SSSR count). The van der Waals surface area contributed by atoms with Gasteiger partial charge < -0.3 is 10.3 Å². The number of aromatic amines is 1. The van der Waals surface area contributed by atoms with E-state index in [2.05, 4.69) is 75.6 Å². The quantitative estimate of drug-likeness (QED) is 0.710. The van der Waals surface area contributed by atoms with Gasteiger partial charge in [-0.15, -0.1) is 0 Å². The van der Waals surface area contributed by atoms with Crippen LogP contribution in [0.25, 0.3) is 10.9 Å². The molecule has 2 nitrogen and oxygen atoms in total. The van der Waals surface area contributed by atoms with Gasteiger partial charge in [-0.1, -0.05) is 34.1 Å². The van der Waals surface area contributed by atoms with Crippen molar-refractivity contribution in [3.8, 4) is 0 Å². The molecule has 96 valence electrons. The summed E-state index contributed by atoms with van der Waals surface area (Å²) in [5.41, 5.74) is 4.91. The number of nitrogens with one attached hydrogen (secondary N) is 2. The number of halogens is 1. The van der Waals surface area contributed by atoms with E-state index in [9.17, 15) is 0 Å². The van der Waals surface area contributed by atoms with Crippen molar-refractivity contribution in [2.45, 2.75) is 13.5 Å². The van der Waals surface area contributed by atoms with Crippen LogP contribution in [0.2, 0.25) is 0 Å². The van der Waals surface area contributed by atoms with Crippen LogP contribution in [-0.2, 0) is 6.54 Å². The van der Waals surface area contributed by atoms with Crippen molar-refractivity contribution in [3.63, 3.8) is 0 Å². The highest BCUT2D eigenvalue weighted by molar-refractivity contribution is 9.10. The summed E-state index contributed by atoms with van der Waals surface area (Å²) in [7, 11) is 0. The average molecular weight is 315 g/mol. The van der Waals surface area contributed by atoms with Crippen molar-refractivity contribution < 1.29 is 0 Å². The molecule has 0 aliphatic heterocycles. The summed E-state index contributed by atoms with van der Waals surface area (Å²) in [4.78, 5) is 3.24. The second-order valence-corrected chi connectivity index (χ2v) is 5.58. The Labute approximate surface area is 121 Å². The standard InChI is InChI=1S/C16H15BrN2/c1-11-5-6-13(17)9-16(11)19-10-12-3-2-4-15-14(12)7-8-18-15/h2-9,18-19H,10H2,1H3. The van der Waals surface area contributed by atoms with Crippen molar-refractivity contribution in [2.24, 2.45) is 0 Å². The molecule has 1 aromatic heterocycles. The van der Waals surface area contributed by atoms with E-state index in [1.54, 1.807) is 0 Å². The third kappa shape index (κ3) is 2.51. The van der Waals surface area contributed by atoms with Gasteiger partial charge in [-0.2, -0.15) is 0 Å². The van der Waals surface area contributed by atoms with Crippen LogP contribution in [0.5, 0.6) is 0 Å². The summed E-state index contributed by atoms with van der Waals surface area (Å²) in [6, 6.07) is 14.8. The number of hydrogen-bond donors (Lipinski definition) is 2. The molecule has 0 spiro atoms. The first-order chi connectivity index (χ1) is 9.24. The number of H-pyrrole nitrogens is 1. The molecular weight excluding hydrogens is 300 g/mol. The molecule has 0 fully saturated rings. The van der Waals surface area contributed by atoms with Crippen LogP contribution in [-0.4, -0.2) is 4.98 Å². The molecular formula is C16H15BrN2. The van der Waals surface area contributed by atoms with Crippen LogP contribution in [0.4, 0.5) is 5.69 Å². The number of aryl methyl sites for hydroxylation is 1. The third-order valence-corrected chi connectivity index (χ3v) is 3.85. The molecule has 0 atom stereocenters. The Bertz CT molecular complexity index is 716. The Morgan fingerprint density at radius 3 is 2.95 bits per heavy atom. The van der Waals surface area contributed by atoms with Crippen LogP contribution in [0.1, 0.15) is 11.1 Å². The molecule has 2 N–H and O–H groups in total. The molecule has 0 saturated carbocycles. The summed E-state index contributed by atoms with van der Waals surface area (Å²) in [6.45, 7) is 2.94. The van der Waals surface area contributed by atoms with Gasteiger partial charge >= 0.3 is 0 Å². The molecule has 1 heterocycles. The highest BCUT2D eigenvalue weighted by Crippen LogP contribution is 2.23. The lowest BCUT2D eigenvalue weighted by Crippen LogP contribution is -2.01. The normalized spacial score (nSPS) is 10.8. The Kier molecular flexibility index (Phi) is 3.30. The van der Waals surface area contributed by atoms with Crippen LogP contribution in [0.3, 0.4) is 0 Å². The Hall–Kier alpha value is -1.74. The van der Waals surface area contributed by atoms with E-state index < -0.39 is 0 Å². The molecule has 0 aliphatic carbocycles. The minimum absolute atomic E-state index is 0.826. The number of aromatic nitrogens is 1. The summed E-state index contributed by atoms with van der Waals surface area (Å²) < 4.78 is 1.10. The number of rotatable bonds is 3. The van der Waals surface area contributed by atoms with Crippen LogP contribution < -0.4 is 5.32 Å². The number of fused-ring (bicyclic) bond motifs is 1. The van der Waals surface area contributed by atoms with Gasteiger partial charge in [0.2, 0.25) is 0 Å². The largest absolute Gasteiger partial charge is 0.381 e. The van der Waals surface area contributed by atoms with Crippen molar-refractivity contribution in [1.82, 2.24) is 4.98 Å². The summed E-state index contributed by atoms with van der Waals surface area (Å²) in [5.74, 6) is 0. The van der Waals surface area contributed by atoms with Gasteiger partial charge in [-0.3, -0.25) is 0 Å². The maximum absolute atomic E-state index is 3.51. The fraction of sp³-hybridized carbons (Fsp3) is 0.125. The van der Waals surface area contributed by atoms with E-state index in [4.69, 9.17) is 0 Å². The lowest BCUT2D eigenvalue weighted by Gasteiger charge is -2.11. The molecule has 0 bridgehead atoms. The number of hydrogen-bond acceptors (Lipinski definition) is 1. The van der Waals surface area contributed by atoms with E-state index >= 15 is 0 Å². The lowest BCUT2D eigenvalue weighted by molar-refractivity contribution is 1.16. The van der Waals surface area contributed by atoms with Gasteiger partial charge in [0.1, 0.15) is 0 Å². The Morgan fingerprint density at radius 2 is 2.05 bits per heavy atom. The van der Waals surface area contributed by atoms with Gasteiger partial charge in [0.05, 0.1) is 0 Å². The van der Waals surface area contributed by atoms with E-state index in [0.717, 1.165) is 11.0 Å². The van der Waals surface area contributed by atoms with Gasteiger partial charge in [0, 0.05) is 33.8 Å². The van der Waals surface area contributed by atoms with Crippen LogP contribution in [0, 0.1) is 6.92 Å². The first-order valence-electron chi connectivity index (χ1n) is 6.29. The molecule has 0 radical (unpaired) electrons. The maximum Gasteiger partial charge on any atom is 0.0457 e. The fourth-order valence-corrected chi connectivity index (χ4v) is 2.64. The van der Waals surface area contributed by atoms with Crippen molar-refractivity contribution in [3.05, 3.63) is 64.3 Å². The van der Waals surface area contributed by atoms with Gasteiger partial charge in [-0.05, 0) is 42.3 Å². The summed E-state index contributed by atoms with van der Waals surface area (Å²) in [6.07, 6.45) is 1.98. The van der Waals surface area contributed by atoms with Crippen LogP contribution in [0.15, 0.2) is 53.1 Å². The third-order valence-electron chi connectivity index (χ3n) is 3.35. The summed E-state index contributed by atoms with van der Waals surface area (Å²) in [5, 5.41) is 4.79. The molecule has 0 aliphatic rings. The second kappa shape index (κ2) is 5.10. The number of anilines is 1. The zero-order valence-electron chi connectivity index (χ0n) is 10.7. The maximum atomic E-state index is 3.51. The second-order valence-electron chi connectivity index (χ2n) is 4.67. The van der Waals surface area contributed by atoms with E-state index in [-0.39, 0.29) is 0 Å². The number of benzene rings is 2. The Morgan fingerprint density at radius 1 is 1.16 bits per heavy atom. The molecule has 2 aromatic carbocycles. The van der Waals surface area contributed by atoms with Crippen molar-refractivity contribution in [2.75, 3.05) is 5.32 Å². The molecule has 0 unspecified atom stereocenters. The predicted molar refractivity (Wildman–Crippen MR) is 84.5 cm³/mol. The Balaban J connectivity index is 1.86. The SMILES string of the molecule is Cc1ccc(Br)cc1NCc1cccc2[nH]ccc12. The molecule has 0 saturated heterocycles. The van der Waals surface area contributed by atoms with E-state index in [0.29, 0.717) is 0 Å². The zero-order valence-corrected chi connectivity index (χ0v) is 12.3. The average Bonchev–Trinajstić information content (AvgIpc) is 2.88. The van der Waals surface area contributed by atoms with Gasteiger partial charge in [-0.25, -0.2) is 0 Å². The highest BCUT2D eigenvalue weighted by Gasteiger charge is 2.03. The zero-order chi connectivity index (χ0) is 13.2. The first-order valence-corrected chi connectivity index (χ1v) is 7.08. The van der Waals surface area contributed by atoms with E-state index in [1.807, 2.05) is 6.20 Å².